The van der Waals surface area contributed by atoms with Gasteiger partial charge in [-0.3, -0.25) is 4.57 Å². The highest BCUT2D eigenvalue weighted by atomic mass is 16.6. The Balaban J connectivity index is 0.00000172. The maximum atomic E-state index is 12.0. The van der Waals surface area contributed by atoms with Gasteiger partial charge in [0.05, 0.1) is 11.5 Å². The minimum atomic E-state index is -0.302. The highest BCUT2D eigenvalue weighted by Gasteiger charge is 2.12. The van der Waals surface area contributed by atoms with E-state index >= 15 is 0 Å². The van der Waals surface area contributed by atoms with E-state index in [0.717, 1.165) is 23.4 Å². The lowest BCUT2D eigenvalue weighted by Gasteiger charge is -2.08. The molecule has 1 rings (SSSR count). The number of rotatable bonds is 3. The predicted octanol–water partition coefficient (Wildman–Crippen LogP) is 3.46. The number of carbonyl (C=O) groups is 1. The van der Waals surface area contributed by atoms with Crippen LogP contribution >= 0.6 is 0 Å². The van der Waals surface area contributed by atoms with Crippen LogP contribution in [0.4, 0.5) is 4.79 Å². The van der Waals surface area contributed by atoms with Gasteiger partial charge in [0.2, 0.25) is 0 Å². The molecule has 1 aromatic heterocycles. The molecule has 0 spiro atoms. The minimum absolute atomic E-state index is 0.103. The van der Waals surface area contributed by atoms with E-state index < -0.39 is 0 Å². The van der Waals surface area contributed by atoms with Crippen LogP contribution in [0.25, 0.3) is 12.2 Å². The molecule has 0 aliphatic heterocycles. The second-order valence-electron chi connectivity index (χ2n) is 4.58. The summed E-state index contributed by atoms with van der Waals surface area (Å²) in [5, 5.41) is 2.06. The highest BCUT2D eigenvalue weighted by molar-refractivity contribution is 5.71. The number of nitrogens with zero attached hydrogens (tertiary/aromatic N) is 1. The van der Waals surface area contributed by atoms with Crippen molar-refractivity contribution in [3.8, 4) is 0 Å². The molecule has 114 valence electrons. The summed E-state index contributed by atoms with van der Waals surface area (Å²) in [6.45, 7) is 13.8. The molecule has 0 aliphatic rings. The number of hydrogen-bond acceptors (Lipinski definition) is 2. The van der Waals surface area contributed by atoms with Crippen LogP contribution in [0.2, 0.25) is 0 Å². The highest BCUT2D eigenvalue weighted by Crippen LogP contribution is 1.99. The minimum Gasteiger partial charge on any atom is -0.446 e. The maximum absolute atomic E-state index is 12.0. The van der Waals surface area contributed by atoms with Crippen molar-refractivity contribution in [2.75, 3.05) is 0 Å². The van der Waals surface area contributed by atoms with Crippen molar-refractivity contribution in [2.24, 2.45) is 0 Å². The van der Waals surface area contributed by atoms with Gasteiger partial charge in [-0.25, -0.2) is 4.79 Å². The standard InChI is InChI=1S/C15H23NO2.C2H6/c1-6-9-12-10-16(15(17)18-11(4)5)14(8-3)13(12)7-2;1-2/h7-8,10-11H,6,9H2,1-5H3;1-2H3/b13-7-,14-8+;. The molecular formula is C17H29NO2. The molecule has 0 saturated heterocycles. The van der Waals surface area contributed by atoms with Crippen LogP contribution in [-0.4, -0.2) is 16.8 Å². The topological polar surface area (TPSA) is 31.2 Å². The van der Waals surface area contributed by atoms with Crippen molar-refractivity contribution >= 4 is 18.2 Å². The van der Waals surface area contributed by atoms with E-state index in [9.17, 15) is 4.79 Å². The SMILES string of the molecule is C/C=c1/c(CCC)cn(C(=O)OC(C)C)/c1=C/C.CC. The van der Waals surface area contributed by atoms with Crippen molar-refractivity contribution in [2.45, 2.75) is 67.4 Å². The molecule has 0 aliphatic carbocycles. The average molecular weight is 279 g/mol. The van der Waals surface area contributed by atoms with Crippen molar-refractivity contribution < 1.29 is 9.53 Å². The number of aryl methyl sites for hydroxylation is 1. The Morgan fingerprint density at radius 3 is 2.30 bits per heavy atom. The Morgan fingerprint density at radius 1 is 1.30 bits per heavy atom. The van der Waals surface area contributed by atoms with Crippen LogP contribution in [-0.2, 0) is 11.2 Å². The van der Waals surface area contributed by atoms with E-state index in [1.165, 1.54) is 5.56 Å². The van der Waals surface area contributed by atoms with Gasteiger partial charge in [0.15, 0.2) is 0 Å². The Morgan fingerprint density at radius 2 is 1.90 bits per heavy atom. The first kappa shape index (κ1) is 18.5. The zero-order valence-electron chi connectivity index (χ0n) is 14.0. The normalized spacial score (nSPS) is 12.4. The van der Waals surface area contributed by atoms with Gasteiger partial charge < -0.3 is 4.74 Å². The summed E-state index contributed by atoms with van der Waals surface area (Å²) in [6.07, 6.45) is 7.54. The summed E-state index contributed by atoms with van der Waals surface area (Å²) < 4.78 is 6.87. The van der Waals surface area contributed by atoms with Gasteiger partial charge in [-0.15, -0.1) is 0 Å². The molecule has 3 nitrogen and oxygen atoms in total. The summed E-state index contributed by atoms with van der Waals surface area (Å²) in [7, 11) is 0. The second kappa shape index (κ2) is 9.40. The molecule has 20 heavy (non-hydrogen) atoms. The molecule has 0 amide bonds. The van der Waals surface area contributed by atoms with Crippen molar-refractivity contribution in [1.82, 2.24) is 4.57 Å². The van der Waals surface area contributed by atoms with Crippen LogP contribution < -0.4 is 10.6 Å². The van der Waals surface area contributed by atoms with Gasteiger partial charge in [-0.05, 0) is 44.9 Å². The van der Waals surface area contributed by atoms with Gasteiger partial charge in [0, 0.05) is 6.20 Å². The average Bonchev–Trinajstić information content (AvgIpc) is 2.78. The van der Waals surface area contributed by atoms with E-state index in [2.05, 4.69) is 13.0 Å². The number of ether oxygens (including phenoxy) is 1. The molecule has 1 aromatic rings. The fraction of sp³-hybridized carbons (Fsp3) is 0.588. The number of carbonyl (C=O) groups excluding carboxylic acids is 1. The number of hydrogen-bond donors (Lipinski definition) is 0. The molecule has 0 fully saturated rings. The van der Waals surface area contributed by atoms with Crippen LogP contribution in [0.3, 0.4) is 0 Å². The summed E-state index contributed by atoms with van der Waals surface area (Å²) in [4.78, 5) is 12.0. The lowest BCUT2D eigenvalue weighted by Crippen LogP contribution is -2.34. The molecule has 0 aromatic carbocycles. The first-order valence-corrected chi connectivity index (χ1v) is 7.59. The lowest BCUT2D eigenvalue weighted by atomic mass is 10.1. The van der Waals surface area contributed by atoms with Gasteiger partial charge in [-0.1, -0.05) is 39.3 Å². The van der Waals surface area contributed by atoms with E-state index in [4.69, 9.17) is 4.74 Å². The largest absolute Gasteiger partial charge is 0.446 e. The first-order valence-electron chi connectivity index (χ1n) is 7.59. The van der Waals surface area contributed by atoms with E-state index in [1.54, 1.807) is 4.57 Å². The third-order valence-electron chi connectivity index (χ3n) is 2.78. The Hall–Kier alpha value is -1.51. The van der Waals surface area contributed by atoms with Crippen LogP contribution in [0.1, 0.15) is 60.5 Å². The Labute approximate surface area is 122 Å². The molecule has 0 N–H and O–H groups in total. The van der Waals surface area contributed by atoms with Crippen molar-refractivity contribution in [3.63, 3.8) is 0 Å². The number of aromatic nitrogens is 1. The molecule has 0 atom stereocenters. The van der Waals surface area contributed by atoms with Gasteiger partial charge in [-0.2, -0.15) is 0 Å². The zero-order valence-corrected chi connectivity index (χ0v) is 14.0. The predicted molar refractivity (Wildman–Crippen MR) is 86.3 cm³/mol. The summed E-state index contributed by atoms with van der Waals surface area (Å²) in [5.74, 6) is 0. The summed E-state index contributed by atoms with van der Waals surface area (Å²) in [5.41, 5.74) is 1.20. The smallest absolute Gasteiger partial charge is 0.418 e. The van der Waals surface area contributed by atoms with Crippen molar-refractivity contribution in [1.29, 1.82) is 0 Å². The molecule has 3 heteroatoms. The van der Waals surface area contributed by atoms with E-state index in [0.29, 0.717) is 0 Å². The Kier molecular flexibility index (Phi) is 8.69. The van der Waals surface area contributed by atoms with Gasteiger partial charge in [0.25, 0.3) is 0 Å². The zero-order chi connectivity index (χ0) is 15.7. The first-order chi connectivity index (χ1) is 9.54. The molecule has 0 bridgehead atoms. The van der Waals surface area contributed by atoms with Gasteiger partial charge >= 0.3 is 6.09 Å². The monoisotopic (exact) mass is 279 g/mol. The Bertz CT molecular complexity index is 524. The fourth-order valence-corrected chi connectivity index (χ4v) is 2.10. The van der Waals surface area contributed by atoms with Crippen molar-refractivity contribution in [3.05, 3.63) is 22.3 Å². The quantitative estimate of drug-likeness (QED) is 0.848. The van der Waals surface area contributed by atoms with Gasteiger partial charge in [0.1, 0.15) is 0 Å². The maximum Gasteiger partial charge on any atom is 0.418 e. The fourth-order valence-electron chi connectivity index (χ4n) is 2.10. The molecular weight excluding hydrogens is 250 g/mol. The lowest BCUT2D eigenvalue weighted by molar-refractivity contribution is 0.116. The molecule has 1 heterocycles. The third kappa shape index (κ3) is 4.55. The summed E-state index contributed by atoms with van der Waals surface area (Å²) in [6, 6.07) is 0. The molecule has 0 radical (unpaired) electrons. The second-order valence-corrected chi connectivity index (χ2v) is 4.58. The summed E-state index contributed by atoms with van der Waals surface area (Å²) >= 11 is 0. The third-order valence-corrected chi connectivity index (χ3v) is 2.78. The molecule has 0 unspecified atom stereocenters. The van der Waals surface area contributed by atoms with E-state index in [-0.39, 0.29) is 12.2 Å². The van der Waals surface area contributed by atoms with E-state index in [1.807, 2.05) is 53.8 Å². The molecule has 0 saturated carbocycles. The van der Waals surface area contributed by atoms with Crippen LogP contribution in [0, 0.1) is 0 Å². The van der Waals surface area contributed by atoms with Crippen LogP contribution in [0.15, 0.2) is 6.20 Å². The van der Waals surface area contributed by atoms with Crippen LogP contribution in [0.5, 0.6) is 0 Å².